The Morgan fingerprint density at radius 2 is 2.17 bits per heavy atom. The number of alkyl halides is 2. The molecule has 1 saturated heterocycles. The second-order valence-electron chi connectivity index (χ2n) is 5.06. The van der Waals surface area contributed by atoms with Gasteiger partial charge in [0.1, 0.15) is 6.61 Å². The van der Waals surface area contributed by atoms with E-state index in [1.54, 1.807) is 0 Å². The average Bonchev–Trinajstić information content (AvgIpc) is 2.56. The van der Waals surface area contributed by atoms with Gasteiger partial charge in [-0.25, -0.2) is 8.78 Å². The number of ether oxygens (including phenoxy) is 1. The molecule has 0 bridgehead atoms. The summed E-state index contributed by atoms with van der Waals surface area (Å²) >= 11 is 0. The van der Waals surface area contributed by atoms with Crippen LogP contribution >= 0.6 is 0 Å². The van der Waals surface area contributed by atoms with E-state index >= 15 is 0 Å². The van der Waals surface area contributed by atoms with Gasteiger partial charge in [0.15, 0.2) is 0 Å². The van der Waals surface area contributed by atoms with E-state index in [9.17, 15) is 8.78 Å². The molecule has 1 aliphatic rings. The largest absolute Gasteiger partial charge is 0.374 e. The molecule has 1 heterocycles. The average molecular weight is 264 g/mol. The summed E-state index contributed by atoms with van der Waals surface area (Å²) in [5.41, 5.74) is 0. The summed E-state index contributed by atoms with van der Waals surface area (Å²) in [4.78, 5) is 0. The smallest absolute Gasteiger partial charge is 0.261 e. The highest BCUT2D eigenvalue weighted by Crippen LogP contribution is 2.12. The maximum atomic E-state index is 11.8. The van der Waals surface area contributed by atoms with Crippen molar-refractivity contribution >= 4 is 0 Å². The Morgan fingerprint density at radius 1 is 1.33 bits per heavy atom. The van der Waals surface area contributed by atoms with E-state index in [1.807, 2.05) is 0 Å². The number of halogens is 2. The first-order valence-corrected chi connectivity index (χ1v) is 7.01. The van der Waals surface area contributed by atoms with Crippen molar-refractivity contribution in [1.29, 1.82) is 0 Å². The van der Waals surface area contributed by atoms with E-state index in [4.69, 9.17) is 4.74 Å². The Hall–Kier alpha value is -0.260. The van der Waals surface area contributed by atoms with Crippen LogP contribution in [0.5, 0.6) is 0 Å². The van der Waals surface area contributed by atoms with Gasteiger partial charge >= 0.3 is 0 Å². The van der Waals surface area contributed by atoms with Gasteiger partial charge in [-0.1, -0.05) is 12.8 Å². The van der Waals surface area contributed by atoms with Crippen LogP contribution in [-0.4, -0.2) is 44.8 Å². The molecule has 0 spiro atoms. The third kappa shape index (κ3) is 7.95. The van der Waals surface area contributed by atoms with Crippen molar-refractivity contribution in [2.24, 2.45) is 0 Å². The van der Waals surface area contributed by atoms with Gasteiger partial charge in [0.05, 0.1) is 6.61 Å². The molecule has 2 unspecified atom stereocenters. The van der Waals surface area contributed by atoms with Crippen molar-refractivity contribution in [1.82, 2.24) is 10.6 Å². The van der Waals surface area contributed by atoms with Crippen LogP contribution in [0.3, 0.4) is 0 Å². The van der Waals surface area contributed by atoms with Gasteiger partial charge in [0, 0.05) is 18.6 Å². The Labute approximate surface area is 109 Å². The molecule has 5 heteroatoms. The summed E-state index contributed by atoms with van der Waals surface area (Å²) in [7, 11) is 0. The highest BCUT2D eigenvalue weighted by molar-refractivity contribution is 4.75. The van der Waals surface area contributed by atoms with Crippen LogP contribution in [-0.2, 0) is 4.74 Å². The molecule has 0 amide bonds. The van der Waals surface area contributed by atoms with Gasteiger partial charge in [0.2, 0.25) is 0 Å². The van der Waals surface area contributed by atoms with Crippen molar-refractivity contribution < 1.29 is 13.5 Å². The van der Waals surface area contributed by atoms with Crippen molar-refractivity contribution in [2.45, 2.75) is 57.5 Å². The molecular weight excluding hydrogens is 238 g/mol. The number of rotatable bonds is 8. The van der Waals surface area contributed by atoms with Crippen LogP contribution in [0.25, 0.3) is 0 Å². The normalized spacial score (nSPS) is 23.0. The molecule has 108 valence electrons. The van der Waals surface area contributed by atoms with Gasteiger partial charge in [-0.05, 0) is 32.7 Å². The molecule has 1 fully saturated rings. The van der Waals surface area contributed by atoms with Crippen LogP contribution < -0.4 is 10.6 Å². The third-order valence-corrected chi connectivity index (χ3v) is 3.28. The van der Waals surface area contributed by atoms with Crippen molar-refractivity contribution in [3.05, 3.63) is 0 Å². The lowest BCUT2D eigenvalue weighted by molar-refractivity contribution is 0.0182. The first-order chi connectivity index (χ1) is 8.68. The van der Waals surface area contributed by atoms with Gasteiger partial charge in [-0.2, -0.15) is 0 Å². The Morgan fingerprint density at radius 3 is 2.94 bits per heavy atom. The lowest BCUT2D eigenvalue weighted by atomic mass is 10.0. The van der Waals surface area contributed by atoms with Crippen molar-refractivity contribution in [3.63, 3.8) is 0 Å². The lowest BCUT2D eigenvalue weighted by Gasteiger charge is -2.21. The van der Waals surface area contributed by atoms with Crippen LogP contribution in [0.1, 0.15) is 39.0 Å². The SMILES string of the molecule is CC(CC1CCCCCN1)NCCOCC(F)F. The van der Waals surface area contributed by atoms with Crippen LogP contribution in [0, 0.1) is 0 Å². The molecule has 0 aromatic carbocycles. The molecule has 2 N–H and O–H groups in total. The van der Waals surface area contributed by atoms with Gasteiger partial charge < -0.3 is 15.4 Å². The quantitative estimate of drug-likeness (QED) is 0.659. The Bertz CT molecular complexity index is 197. The van der Waals surface area contributed by atoms with Crippen molar-refractivity contribution in [2.75, 3.05) is 26.3 Å². The standard InChI is InChI=1S/C13H26F2N2O/c1-11(16-7-8-18-10-13(14)15)9-12-5-3-2-4-6-17-12/h11-13,16-17H,2-10H2,1H3. The minimum Gasteiger partial charge on any atom is -0.374 e. The molecular formula is C13H26F2N2O. The second kappa shape index (κ2) is 9.64. The molecule has 0 aromatic heterocycles. The van der Waals surface area contributed by atoms with E-state index in [0.717, 1.165) is 13.0 Å². The summed E-state index contributed by atoms with van der Waals surface area (Å²) in [6, 6.07) is 0.993. The fraction of sp³-hybridized carbons (Fsp3) is 1.00. The van der Waals surface area contributed by atoms with Crippen LogP contribution in [0.4, 0.5) is 8.78 Å². The summed E-state index contributed by atoms with van der Waals surface area (Å²) in [6.07, 6.45) is 3.88. The summed E-state index contributed by atoms with van der Waals surface area (Å²) in [5, 5.41) is 6.87. The number of hydrogen-bond acceptors (Lipinski definition) is 3. The van der Waals surface area contributed by atoms with Crippen LogP contribution in [0.15, 0.2) is 0 Å². The van der Waals surface area contributed by atoms with Crippen LogP contribution in [0.2, 0.25) is 0 Å². The lowest BCUT2D eigenvalue weighted by Crippen LogP contribution is -2.38. The van der Waals surface area contributed by atoms with Crippen molar-refractivity contribution in [3.8, 4) is 0 Å². The summed E-state index contributed by atoms with van der Waals surface area (Å²) < 4.78 is 28.5. The molecule has 0 saturated carbocycles. The summed E-state index contributed by atoms with van der Waals surface area (Å²) in [5.74, 6) is 0. The predicted octanol–water partition coefficient (Wildman–Crippen LogP) is 2.17. The minimum absolute atomic E-state index is 0.354. The predicted molar refractivity (Wildman–Crippen MR) is 69.2 cm³/mol. The molecule has 0 aromatic rings. The van der Waals surface area contributed by atoms with E-state index in [2.05, 4.69) is 17.6 Å². The molecule has 3 nitrogen and oxygen atoms in total. The zero-order chi connectivity index (χ0) is 13.2. The molecule has 1 aliphatic heterocycles. The number of hydrogen-bond donors (Lipinski definition) is 2. The van der Waals surface area contributed by atoms with E-state index in [-0.39, 0.29) is 0 Å². The van der Waals surface area contributed by atoms with Gasteiger partial charge in [-0.15, -0.1) is 0 Å². The zero-order valence-corrected chi connectivity index (χ0v) is 11.3. The van der Waals surface area contributed by atoms with Gasteiger partial charge in [-0.3, -0.25) is 0 Å². The second-order valence-corrected chi connectivity index (χ2v) is 5.06. The first-order valence-electron chi connectivity index (χ1n) is 7.01. The summed E-state index contributed by atoms with van der Waals surface area (Å²) in [6.45, 7) is 3.79. The van der Waals surface area contributed by atoms with E-state index < -0.39 is 13.0 Å². The third-order valence-electron chi connectivity index (χ3n) is 3.28. The number of nitrogens with one attached hydrogen (secondary N) is 2. The molecule has 0 radical (unpaired) electrons. The zero-order valence-electron chi connectivity index (χ0n) is 11.3. The molecule has 1 rings (SSSR count). The Balaban J connectivity index is 2.00. The highest BCUT2D eigenvalue weighted by atomic mass is 19.3. The maximum Gasteiger partial charge on any atom is 0.261 e. The van der Waals surface area contributed by atoms with Gasteiger partial charge in [0.25, 0.3) is 6.43 Å². The fourth-order valence-corrected chi connectivity index (χ4v) is 2.36. The molecule has 18 heavy (non-hydrogen) atoms. The Kier molecular flexibility index (Phi) is 8.46. The van der Waals surface area contributed by atoms with E-state index in [0.29, 0.717) is 25.2 Å². The molecule has 0 aliphatic carbocycles. The monoisotopic (exact) mass is 264 g/mol. The van der Waals surface area contributed by atoms with E-state index in [1.165, 1.54) is 25.7 Å². The highest BCUT2D eigenvalue weighted by Gasteiger charge is 2.14. The topological polar surface area (TPSA) is 33.3 Å². The minimum atomic E-state index is -2.36. The molecule has 2 atom stereocenters. The first kappa shape index (κ1) is 15.8. The maximum absolute atomic E-state index is 11.8. The fourth-order valence-electron chi connectivity index (χ4n) is 2.36.